The maximum atomic E-state index is 14.7. The first-order valence-corrected chi connectivity index (χ1v) is 30.5. The van der Waals surface area contributed by atoms with E-state index < -0.39 is 111 Å². The van der Waals surface area contributed by atoms with Crippen LogP contribution in [0.1, 0.15) is 66.3 Å². The van der Waals surface area contributed by atoms with Crippen LogP contribution in [0.3, 0.4) is 0 Å². The number of hydrogen-bond donors (Lipinski definition) is 1. The molecule has 0 saturated heterocycles. The average molecular weight is 1280 g/mol. The lowest BCUT2D eigenvalue weighted by molar-refractivity contribution is -0.0523. The van der Waals surface area contributed by atoms with E-state index in [0.29, 0.717) is 11.3 Å². The van der Waals surface area contributed by atoms with Gasteiger partial charge in [0.15, 0.2) is 43.8 Å². The van der Waals surface area contributed by atoms with Gasteiger partial charge in [-0.2, -0.15) is 21.6 Å². The number of aliphatic hydroxyl groups excluding tert-OH is 1. The SMILES string of the molecule is COc1ccc(C2=CN3C(=O)c4cc(OC)c(OCCCOc5cc6c(cc5OC)C(=O)N5C=C(OS(=O)(=O)C(F)(F)F)CC5[C@@H](O[Si](C)(C)C(C)(C)C)N6C(=O)OCC(Cl)(Cl)Cl)cc4N(C(=O)OCC(Cl)(Cl)Cl)[C@H](O)C3C2)cc1. The van der Waals surface area contributed by atoms with Gasteiger partial charge in [0.05, 0.1) is 69.1 Å². The van der Waals surface area contributed by atoms with E-state index in [4.69, 9.17) is 107 Å². The Balaban J connectivity index is 1.20. The third kappa shape index (κ3) is 13.6. The first kappa shape index (κ1) is 62.6. The van der Waals surface area contributed by atoms with Gasteiger partial charge in [0.2, 0.25) is 7.59 Å². The van der Waals surface area contributed by atoms with Gasteiger partial charge in [0.1, 0.15) is 24.7 Å². The fourth-order valence-corrected chi connectivity index (χ4v) is 10.6. The highest BCUT2D eigenvalue weighted by Gasteiger charge is 2.54. The molecule has 0 saturated carbocycles. The molecule has 4 heterocycles. The second-order valence-corrected chi connectivity index (χ2v) is 31.1. The third-order valence-corrected chi connectivity index (χ3v) is 19.5. The van der Waals surface area contributed by atoms with Gasteiger partial charge in [-0.25, -0.2) is 19.4 Å². The average Bonchev–Trinajstić information content (AvgIpc) is 3.97. The lowest BCUT2D eigenvalue weighted by atomic mass is 10.0. The fraction of sp³-hybridized carbons (Fsp3) is 0.469. The van der Waals surface area contributed by atoms with Gasteiger partial charge in [-0.15, -0.1) is 0 Å². The second kappa shape index (κ2) is 23.7. The molecule has 0 bridgehead atoms. The minimum atomic E-state index is -6.22. The van der Waals surface area contributed by atoms with E-state index in [2.05, 4.69) is 4.18 Å². The summed E-state index contributed by atoms with van der Waals surface area (Å²) in [5, 5.41) is 11.4. The summed E-state index contributed by atoms with van der Waals surface area (Å²) in [4.78, 5) is 61.5. The van der Waals surface area contributed by atoms with Crippen LogP contribution in [-0.4, -0.2) is 141 Å². The van der Waals surface area contributed by atoms with Crippen LogP contribution in [0.4, 0.5) is 34.1 Å². The molecule has 80 heavy (non-hydrogen) atoms. The molecule has 4 aliphatic heterocycles. The molecule has 7 rings (SSSR count). The molecule has 3 aromatic carbocycles. The highest BCUT2D eigenvalue weighted by molar-refractivity contribution is 7.87. The number of ether oxygens (including phenoxy) is 7. The summed E-state index contributed by atoms with van der Waals surface area (Å²) in [5.74, 6) is -1.87. The van der Waals surface area contributed by atoms with E-state index in [1.165, 1.54) is 50.5 Å². The Labute approximate surface area is 489 Å². The summed E-state index contributed by atoms with van der Waals surface area (Å²) >= 11 is 35.7. The van der Waals surface area contributed by atoms with Crippen molar-refractivity contribution in [3.05, 3.63) is 83.4 Å². The molecular weight excluding hydrogens is 1230 g/mol. The van der Waals surface area contributed by atoms with Gasteiger partial charge in [0.25, 0.3) is 11.8 Å². The van der Waals surface area contributed by atoms with Gasteiger partial charge >= 0.3 is 27.8 Å². The molecule has 31 heteroatoms. The Morgan fingerprint density at radius 1 is 0.700 bits per heavy atom. The molecule has 0 radical (unpaired) electrons. The number of benzene rings is 3. The van der Waals surface area contributed by atoms with Crippen LogP contribution < -0.4 is 33.5 Å². The number of fused-ring (bicyclic) bond motifs is 4. The molecule has 0 fully saturated rings. The molecule has 2 unspecified atom stereocenters. The number of hydrogen-bond acceptors (Lipinski definition) is 16. The number of halogens is 9. The van der Waals surface area contributed by atoms with Crippen LogP contribution in [0.25, 0.3) is 5.57 Å². The van der Waals surface area contributed by atoms with Gasteiger partial charge in [-0.3, -0.25) is 9.59 Å². The molecule has 438 valence electrons. The summed E-state index contributed by atoms with van der Waals surface area (Å²) in [6.07, 6.45) is -3.94. The quantitative estimate of drug-likeness (QED) is 0.0463. The lowest BCUT2D eigenvalue weighted by Gasteiger charge is -2.44. The van der Waals surface area contributed by atoms with Gasteiger partial charge < -0.3 is 56.7 Å². The molecule has 1 N–H and O–H groups in total. The number of amides is 4. The molecule has 0 aliphatic carbocycles. The summed E-state index contributed by atoms with van der Waals surface area (Å²) in [7, 11) is -5.24. The predicted molar refractivity (Wildman–Crippen MR) is 292 cm³/mol. The zero-order valence-electron chi connectivity index (χ0n) is 43.7. The van der Waals surface area contributed by atoms with E-state index in [1.807, 2.05) is 20.8 Å². The maximum Gasteiger partial charge on any atom is 0.534 e. The van der Waals surface area contributed by atoms with Crippen molar-refractivity contribution >= 4 is 129 Å². The van der Waals surface area contributed by atoms with Gasteiger partial charge in [-0.05, 0) is 60.0 Å². The van der Waals surface area contributed by atoms with Crippen molar-refractivity contribution in [2.45, 2.75) is 95.8 Å². The van der Waals surface area contributed by atoms with Crippen LogP contribution in [-0.2, 0) is 28.2 Å². The summed E-state index contributed by atoms with van der Waals surface area (Å²) in [6.45, 7) is 7.26. The van der Waals surface area contributed by atoms with Crippen LogP contribution in [0.5, 0.6) is 28.7 Å². The molecule has 4 atom stereocenters. The van der Waals surface area contributed by atoms with Crippen molar-refractivity contribution in [2.75, 3.05) is 57.6 Å². The van der Waals surface area contributed by atoms with E-state index in [0.717, 1.165) is 26.5 Å². The summed E-state index contributed by atoms with van der Waals surface area (Å²) in [5.41, 5.74) is -5.20. The van der Waals surface area contributed by atoms with Crippen molar-refractivity contribution in [3.8, 4) is 28.7 Å². The zero-order chi connectivity index (χ0) is 59.2. The van der Waals surface area contributed by atoms with Crippen molar-refractivity contribution in [1.82, 2.24) is 9.80 Å². The number of carbonyl (C=O) groups is 4. The summed E-state index contributed by atoms with van der Waals surface area (Å²) < 4.78 is 112. The number of alkyl halides is 9. The van der Waals surface area contributed by atoms with Crippen molar-refractivity contribution in [1.29, 1.82) is 0 Å². The van der Waals surface area contributed by atoms with Crippen molar-refractivity contribution in [2.24, 2.45) is 0 Å². The van der Waals surface area contributed by atoms with E-state index in [9.17, 15) is 45.9 Å². The number of anilines is 2. The Bertz CT molecular complexity index is 3070. The predicted octanol–water partition coefficient (Wildman–Crippen LogP) is 11.1. The Hall–Kier alpha value is -4.96. The molecular formula is C49H53Cl6F3N4O16SSi. The van der Waals surface area contributed by atoms with Gasteiger partial charge in [-0.1, -0.05) is 103 Å². The molecule has 3 aromatic rings. The normalized spacial score (nSPS) is 19.6. The van der Waals surface area contributed by atoms with Crippen LogP contribution in [0.2, 0.25) is 18.1 Å². The molecule has 20 nitrogen and oxygen atoms in total. The number of methoxy groups -OCH3 is 3. The van der Waals surface area contributed by atoms with Crippen molar-refractivity contribution in [3.63, 3.8) is 0 Å². The smallest absolute Gasteiger partial charge is 0.497 e. The lowest BCUT2D eigenvalue weighted by Crippen LogP contribution is -2.58. The van der Waals surface area contributed by atoms with E-state index in [-0.39, 0.29) is 71.6 Å². The third-order valence-electron chi connectivity index (χ3n) is 13.4. The number of carbonyl (C=O) groups excluding carboxylic acids is 4. The second-order valence-electron chi connectivity index (χ2n) is 19.8. The minimum absolute atomic E-state index is 0.000908. The van der Waals surface area contributed by atoms with Gasteiger partial charge in [0, 0.05) is 37.4 Å². The number of aliphatic hydroxyl groups is 1. The first-order valence-electron chi connectivity index (χ1n) is 23.9. The standard InChI is InChI=1S/C49H53Cl6F3N4O16SSi/c1-46(2,3)80(7,8)78-43-35-17-29(77-79(68,69)49(56,57)58)23-60(35)41(64)31-19-37(72-6)39(21-33(31)62(43)45(67)76-25-48(53,54)55)74-15-9-14-73-38-20-32-30(18-36(38)71-5)40(63)59-22-27(26-10-12-28(70-4)13-11-26)16-34(59)42(65)61(32)44(66)75-24-47(50,51)52/h10-13,18-23,34-35,42-43,65H,9,14-17,24-25H2,1-8H3/t34?,35?,42-,43-/m1/s1. The first-order chi connectivity index (χ1) is 37.1. The minimum Gasteiger partial charge on any atom is -0.497 e. The van der Waals surface area contributed by atoms with E-state index >= 15 is 0 Å². The van der Waals surface area contributed by atoms with Crippen LogP contribution in [0.15, 0.2) is 66.7 Å². The Kier molecular flexibility index (Phi) is 18.6. The Morgan fingerprint density at radius 2 is 1.19 bits per heavy atom. The maximum absolute atomic E-state index is 14.7. The molecule has 0 aromatic heterocycles. The van der Waals surface area contributed by atoms with Crippen LogP contribution in [0, 0.1) is 0 Å². The zero-order valence-corrected chi connectivity index (χ0v) is 50.1. The van der Waals surface area contributed by atoms with Crippen LogP contribution >= 0.6 is 69.6 Å². The molecule has 4 aliphatic rings. The largest absolute Gasteiger partial charge is 0.534 e. The number of nitrogens with zero attached hydrogens (tertiary/aromatic N) is 4. The van der Waals surface area contributed by atoms with Crippen molar-refractivity contribution < 1.29 is 87.6 Å². The number of rotatable bonds is 16. The monoisotopic (exact) mass is 1280 g/mol. The highest BCUT2D eigenvalue weighted by atomic mass is 35.6. The summed E-state index contributed by atoms with van der Waals surface area (Å²) in [6, 6.07) is 9.67. The Morgan fingerprint density at radius 3 is 1.65 bits per heavy atom. The topological polar surface area (TPSA) is 219 Å². The highest BCUT2D eigenvalue weighted by Crippen LogP contribution is 2.48. The van der Waals surface area contributed by atoms with E-state index in [1.54, 1.807) is 43.6 Å². The fourth-order valence-electron chi connectivity index (χ4n) is 8.55. The molecule has 4 amide bonds. The molecule has 0 spiro atoms.